The molecule has 2 heterocycles. The maximum Gasteiger partial charge on any atom is 0.287 e. The molecule has 2 amide bonds. The van der Waals surface area contributed by atoms with Crippen molar-refractivity contribution in [2.45, 2.75) is 39.4 Å². The Morgan fingerprint density at radius 2 is 1.91 bits per heavy atom. The summed E-state index contributed by atoms with van der Waals surface area (Å²) in [4.78, 5) is 26.7. The van der Waals surface area contributed by atoms with Crippen LogP contribution < -0.4 is 5.32 Å². The lowest BCUT2D eigenvalue weighted by Crippen LogP contribution is -2.34. The third-order valence-electron chi connectivity index (χ3n) is 5.25. The van der Waals surface area contributed by atoms with E-state index in [1.807, 2.05) is 73.1 Å². The number of methoxy groups -OCH3 is 1. The van der Waals surface area contributed by atoms with Gasteiger partial charge in [-0.15, -0.1) is 0 Å². The van der Waals surface area contributed by atoms with Crippen molar-refractivity contribution < 1.29 is 18.7 Å². The van der Waals surface area contributed by atoms with Crippen LogP contribution in [0.3, 0.4) is 0 Å². The molecule has 1 N–H and O–H groups in total. The zero-order valence-corrected chi connectivity index (χ0v) is 18.9. The molecule has 3 rings (SSSR count). The van der Waals surface area contributed by atoms with Gasteiger partial charge in [0.05, 0.1) is 19.1 Å². The highest BCUT2D eigenvalue weighted by atomic mass is 16.5. The molecule has 2 aromatic heterocycles. The fraction of sp³-hybridized carbons (Fsp3) is 0.360. The zero-order valence-electron chi connectivity index (χ0n) is 18.9. The Morgan fingerprint density at radius 1 is 1.12 bits per heavy atom. The minimum Gasteiger partial charge on any atom is -0.454 e. The first kappa shape index (κ1) is 23.3. The molecular weight excluding hydrogens is 406 g/mol. The molecule has 1 unspecified atom stereocenters. The van der Waals surface area contributed by atoms with Crippen LogP contribution in [-0.2, 0) is 22.6 Å². The lowest BCUT2D eigenvalue weighted by Gasteiger charge is -2.22. The third kappa shape index (κ3) is 6.11. The van der Waals surface area contributed by atoms with Crippen molar-refractivity contribution in [1.29, 1.82) is 0 Å². The van der Waals surface area contributed by atoms with Crippen LogP contribution in [0.2, 0.25) is 0 Å². The highest BCUT2D eigenvalue weighted by molar-refractivity contribution is 5.91. The first-order valence-electron chi connectivity index (χ1n) is 10.9. The molecule has 0 aliphatic carbocycles. The number of hydrogen-bond donors (Lipinski definition) is 1. The molecule has 0 radical (unpaired) electrons. The van der Waals surface area contributed by atoms with E-state index in [2.05, 4.69) is 5.32 Å². The van der Waals surface area contributed by atoms with Gasteiger partial charge in [-0.3, -0.25) is 9.59 Å². The summed E-state index contributed by atoms with van der Waals surface area (Å²) in [6.45, 7) is 5.68. The molecule has 0 bridgehead atoms. The summed E-state index contributed by atoms with van der Waals surface area (Å²) in [6, 6.07) is 17.1. The van der Waals surface area contributed by atoms with Gasteiger partial charge in [0.25, 0.3) is 5.91 Å². The van der Waals surface area contributed by atoms with Crippen LogP contribution in [0, 0.1) is 0 Å². The van der Waals surface area contributed by atoms with Crippen molar-refractivity contribution in [1.82, 2.24) is 14.8 Å². The SMILES string of the molecule is CCCN(Cc1cccn1Cc1ccc(C(=O)NC(C)c2ccccc2)o1)C(=O)COC. The van der Waals surface area contributed by atoms with Crippen LogP contribution >= 0.6 is 0 Å². The van der Waals surface area contributed by atoms with E-state index >= 15 is 0 Å². The number of nitrogens with one attached hydrogen (secondary N) is 1. The van der Waals surface area contributed by atoms with Gasteiger partial charge >= 0.3 is 0 Å². The molecule has 7 nitrogen and oxygen atoms in total. The molecule has 0 aliphatic rings. The molecule has 0 spiro atoms. The molecule has 0 aliphatic heterocycles. The molecule has 7 heteroatoms. The Kier molecular flexibility index (Phi) is 8.27. The van der Waals surface area contributed by atoms with Crippen molar-refractivity contribution >= 4 is 11.8 Å². The summed E-state index contributed by atoms with van der Waals surface area (Å²) in [5.74, 6) is 0.663. The molecule has 0 fully saturated rings. The van der Waals surface area contributed by atoms with E-state index < -0.39 is 0 Å². The van der Waals surface area contributed by atoms with Crippen molar-refractivity contribution in [3.05, 3.63) is 83.6 Å². The van der Waals surface area contributed by atoms with Crippen molar-refractivity contribution in [2.75, 3.05) is 20.3 Å². The number of furan rings is 1. The van der Waals surface area contributed by atoms with E-state index in [1.54, 1.807) is 11.0 Å². The van der Waals surface area contributed by atoms with Crippen molar-refractivity contribution in [2.24, 2.45) is 0 Å². The first-order chi connectivity index (χ1) is 15.5. The average Bonchev–Trinajstić information content (AvgIpc) is 3.44. The third-order valence-corrected chi connectivity index (χ3v) is 5.25. The van der Waals surface area contributed by atoms with Crippen molar-refractivity contribution in [3.63, 3.8) is 0 Å². The second kappa shape index (κ2) is 11.3. The quantitative estimate of drug-likeness (QED) is 0.492. The number of rotatable bonds is 11. The molecule has 0 saturated heterocycles. The first-order valence-corrected chi connectivity index (χ1v) is 10.9. The normalized spacial score (nSPS) is 11.8. The van der Waals surface area contributed by atoms with Gasteiger partial charge in [0.2, 0.25) is 5.91 Å². The summed E-state index contributed by atoms with van der Waals surface area (Å²) < 4.78 is 12.8. The van der Waals surface area contributed by atoms with Gasteiger partial charge in [0.15, 0.2) is 5.76 Å². The van der Waals surface area contributed by atoms with Gasteiger partial charge in [0, 0.05) is 25.5 Å². The highest BCUT2D eigenvalue weighted by Gasteiger charge is 2.17. The summed E-state index contributed by atoms with van der Waals surface area (Å²) >= 11 is 0. The Bertz CT molecular complexity index is 1010. The predicted molar refractivity (Wildman–Crippen MR) is 122 cm³/mol. The Balaban J connectivity index is 1.64. The number of amides is 2. The number of carbonyl (C=O) groups excluding carboxylic acids is 2. The van der Waals surface area contributed by atoms with E-state index in [1.165, 1.54) is 7.11 Å². The van der Waals surface area contributed by atoms with E-state index in [4.69, 9.17) is 9.15 Å². The second-order valence-corrected chi connectivity index (χ2v) is 7.75. The number of aromatic nitrogens is 1. The van der Waals surface area contributed by atoms with E-state index in [-0.39, 0.29) is 30.2 Å². The Morgan fingerprint density at radius 3 is 2.62 bits per heavy atom. The van der Waals surface area contributed by atoms with Gasteiger partial charge in [-0.05, 0) is 43.2 Å². The predicted octanol–water partition coefficient (Wildman–Crippen LogP) is 4.01. The Labute approximate surface area is 189 Å². The van der Waals surface area contributed by atoms with Gasteiger partial charge in [-0.1, -0.05) is 37.3 Å². The number of hydrogen-bond acceptors (Lipinski definition) is 4. The summed E-state index contributed by atoms with van der Waals surface area (Å²) in [5, 5.41) is 2.97. The molecule has 1 atom stereocenters. The summed E-state index contributed by atoms with van der Waals surface area (Å²) in [7, 11) is 1.52. The molecule has 1 aromatic carbocycles. The number of nitrogens with zero attached hydrogens (tertiary/aromatic N) is 2. The van der Waals surface area contributed by atoms with Crippen LogP contribution in [0.25, 0.3) is 0 Å². The minimum absolute atomic E-state index is 0.0356. The fourth-order valence-electron chi connectivity index (χ4n) is 3.57. The molecule has 170 valence electrons. The highest BCUT2D eigenvalue weighted by Crippen LogP contribution is 2.16. The number of carbonyl (C=O) groups is 2. The van der Waals surface area contributed by atoms with Crippen LogP contribution in [0.1, 0.15) is 53.9 Å². The lowest BCUT2D eigenvalue weighted by atomic mass is 10.1. The van der Waals surface area contributed by atoms with E-state index in [9.17, 15) is 9.59 Å². The topological polar surface area (TPSA) is 76.7 Å². The fourth-order valence-corrected chi connectivity index (χ4v) is 3.57. The van der Waals surface area contributed by atoms with E-state index in [0.717, 1.165) is 17.7 Å². The molecular formula is C25H31N3O4. The van der Waals surface area contributed by atoms with Crippen LogP contribution in [0.15, 0.2) is 65.2 Å². The second-order valence-electron chi connectivity index (χ2n) is 7.75. The smallest absolute Gasteiger partial charge is 0.287 e. The maximum absolute atomic E-state index is 12.6. The van der Waals surface area contributed by atoms with Gasteiger partial charge in [0.1, 0.15) is 12.4 Å². The number of benzene rings is 1. The Hall–Kier alpha value is -3.32. The van der Waals surface area contributed by atoms with Gasteiger partial charge in [-0.25, -0.2) is 0 Å². The van der Waals surface area contributed by atoms with Crippen LogP contribution in [0.5, 0.6) is 0 Å². The maximum atomic E-state index is 12.6. The monoisotopic (exact) mass is 437 g/mol. The minimum atomic E-state index is -0.250. The summed E-state index contributed by atoms with van der Waals surface area (Å²) in [6.07, 6.45) is 2.81. The van der Waals surface area contributed by atoms with Crippen LogP contribution in [0.4, 0.5) is 0 Å². The zero-order chi connectivity index (χ0) is 22.9. The lowest BCUT2D eigenvalue weighted by molar-refractivity contribution is -0.135. The molecule has 0 saturated carbocycles. The van der Waals surface area contributed by atoms with E-state index in [0.29, 0.717) is 25.4 Å². The average molecular weight is 438 g/mol. The number of ether oxygens (including phenoxy) is 1. The summed E-state index contributed by atoms with van der Waals surface area (Å²) in [5.41, 5.74) is 2.02. The largest absolute Gasteiger partial charge is 0.454 e. The molecule has 3 aromatic rings. The van der Waals surface area contributed by atoms with Gasteiger partial charge in [-0.2, -0.15) is 0 Å². The van der Waals surface area contributed by atoms with Gasteiger partial charge < -0.3 is 23.9 Å². The van der Waals surface area contributed by atoms with Crippen LogP contribution in [-0.4, -0.2) is 41.5 Å². The van der Waals surface area contributed by atoms with Crippen molar-refractivity contribution in [3.8, 4) is 0 Å². The molecule has 32 heavy (non-hydrogen) atoms. The standard InChI is InChI=1S/C25H31N3O4/c1-4-14-28(24(29)18-31-3)16-21-11-8-15-27(21)17-22-12-13-23(32-22)25(30)26-19(2)20-9-6-5-7-10-20/h5-13,15,19H,4,14,16-18H2,1-3H3,(H,26,30).